The summed E-state index contributed by atoms with van der Waals surface area (Å²) >= 11 is 0. The molecule has 38 heavy (non-hydrogen) atoms. The van der Waals surface area contributed by atoms with Crippen LogP contribution in [-0.2, 0) is 24.4 Å². The first kappa shape index (κ1) is 28.9. The molecule has 0 fully saturated rings. The summed E-state index contributed by atoms with van der Waals surface area (Å²) in [5.41, 5.74) is 2.34. The van der Waals surface area contributed by atoms with Crippen LogP contribution < -0.4 is 16.0 Å². The first-order valence-electron chi connectivity index (χ1n) is 12.8. The predicted octanol–water partition coefficient (Wildman–Crippen LogP) is 2.62. The minimum atomic E-state index is -0.893. The van der Waals surface area contributed by atoms with Crippen LogP contribution in [-0.4, -0.2) is 70.1 Å². The number of nitrogens with zero attached hydrogens (tertiary/aromatic N) is 1. The summed E-state index contributed by atoms with van der Waals surface area (Å²) in [4.78, 5) is 13.8. The van der Waals surface area contributed by atoms with Crippen LogP contribution in [0.15, 0.2) is 72.8 Å². The number of carbonyl (C=O) groups is 1. The van der Waals surface area contributed by atoms with E-state index < -0.39 is 5.97 Å². The molecule has 0 saturated heterocycles. The fraction of sp³-hybridized carbons (Fsp3) is 0.345. The monoisotopic (exact) mass is 522 g/mol. The number of benzene rings is 3. The van der Waals surface area contributed by atoms with E-state index in [9.17, 15) is 25.2 Å². The summed E-state index contributed by atoms with van der Waals surface area (Å²) in [6.45, 7) is 4.53. The molecule has 7 N–H and O–H groups in total. The minimum absolute atomic E-state index is 0.0548. The van der Waals surface area contributed by atoms with Crippen molar-refractivity contribution in [2.45, 2.75) is 32.1 Å². The molecule has 0 aliphatic rings. The van der Waals surface area contributed by atoms with Crippen molar-refractivity contribution >= 4 is 5.97 Å². The Balaban J connectivity index is 1.57. The molecule has 0 saturated carbocycles. The maximum Gasteiger partial charge on any atom is 0.304 e. The molecule has 3 aromatic carbocycles. The SMILES string of the molecule is O=C(O)CC(CN(CCNCc1ccccc1O)CCNCc1ccccc1O)NCc1ccccc1O. The number of rotatable bonds is 17. The Kier molecular flexibility index (Phi) is 11.9. The maximum absolute atomic E-state index is 11.6. The minimum Gasteiger partial charge on any atom is -0.508 e. The highest BCUT2D eigenvalue weighted by Gasteiger charge is 2.18. The van der Waals surface area contributed by atoms with Gasteiger partial charge in [-0.1, -0.05) is 54.6 Å². The maximum atomic E-state index is 11.6. The molecule has 9 heteroatoms. The van der Waals surface area contributed by atoms with Crippen molar-refractivity contribution in [3.05, 3.63) is 89.5 Å². The molecule has 0 amide bonds. The Morgan fingerprint density at radius 2 is 1.11 bits per heavy atom. The van der Waals surface area contributed by atoms with Gasteiger partial charge < -0.3 is 36.4 Å². The molecule has 0 spiro atoms. The van der Waals surface area contributed by atoms with E-state index in [-0.39, 0.29) is 29.7 Å². The van der Waals surface area contributed by atoms with Gasteiger partial charge in [0.25, 0.3) is 0 Å². The number of phenolic OH excluding ortho intramolecular Hbond substituents is 3. The van der Waals surface area contributed by atoms with E-state index in [0.29, 0.717) is 57.9 Å². The summed E-state index contributed by atoms with van der Waals surface area (Å²) in [6.07, 6.45) is -0.0548. The van der Waals surface area contributed by atoms with Crippen LogP contribution in [0.4, 0.5) is 0 Å². The van der Waals surface area contributed by atoms with E-state index in [1.807, 2.05) is 36.4 Å². The molecule has 9 nitrogen and oxygen atoms in total. The van der Waals surface area contributed by atoms with Crippen LogP contribution in [0.3, 0.4) is 0 Å². The van der Waals surface area contributed by atoms with E-state index >= 15 is 0 Å². The van der Waals surface area contributed by atoms with Crippen LogP contribution in [0.2, 0.25) is 0 Å². The zero-order valence-corrected chi connectivity index (χ0v) is 21.5. The topological polar surface area (TPSA) is 137 Å². The van der Waals surface area contributed by atoms with Crippen molar-refractivity contribution < 1.29 is 25.2 Å². The molecule has 3 rings (SSSR count). The summed E-state index contributed by atoms with van der Waals surface area (Å²) in [6, 6.07) is 21.1. The largest absolute Gasteiger partial charge is 0.508 e. The number of aromatic hydroxyl groups is 3. The van der Waals surface area contributed by atoms with Gasteiger partial charge in [-0.15, -0.1) is 0 Å². The van der Waals surface area contributed by atoms with E-state index in [1.165, 1.54) is 0 Å². The van der Waals surface area contributed by atoms with Crippen LogP contribution in [0, 0.1) is 0 Å². The van der Waals surface area contributed by atoms with Crippen molar-refractivity contribution in [1.82, 2.24) is 20.9 Å². The Bertz CT molecular complexity index is 1090. The van der Waals surface area contributed by atoms with E-state index in [1.54, 1.807) is 36.4 Å². The molecule has 204 valence electrons. The van der Waals surface area contributed by atoms with Gasteiger partial charge in [0.2, 0.25) is 0 Å². The van der Waals surface area contributed by atoms with Crippen molar-refractivity contribution in [2.24, 2.45) is 0 Å². The normalized spacial score (nSPS) is 12.0. The number of nitrogens with one attached hydrogen (secondary N) is 3. The quantitative estimate of drug-likeness (QED) is 0.133. The molecular formula is C29H38N4O5. The van der Waals surface area contributed by atoms with Gasteiger partial charge in [-0.3, -0.25) is 9.69 Å². The third kappa shape index (κ3) is 10.0. The summed E-state index contributed by atoms with van der Waals surface area (Å²) in [7, 11) is 0. The Morgan fingerprint density at radius 1 is 0.684 bits per heavy atom. The summed E-state index contributed by atoms with van der Waals surface area (Å²) in [5.74, 6) is -0.219. The lowest BCUT2D eigenvalue weighted by molar-refractivity contribution is -0.137. The smallest absolute Gasteiger partial charge is 0.304 e. The molecule has 3 aromatic rings. The zero-order chi connectivity index (χ0) is 27.2. The van der Waals surface area contributed by atoms with Gasteiger partial charge in [0.05, 0.1) is 6.42 Å². The summed E-state index contributed by atoms with van der Waals surface area (Å²) in [5, 5.41) is 49.6. The Hall–Kier alpha value is -3.63. The molecule has 0 aliphatic carbocycles. The van der Waals surface area contributed by atoms with Gasteiger partial charge in [0.15, 0.2) is 0 Å². The lowest BCUT2D eigenvalue weighted by Crippen LogP contribution is -2.46. The van der Waals surface area contributed by atoms with Crippen LogP contribution >= 0.6 is 0 Å². The highest BCUT2D eigenvalue weighted by molar-refractivity contribution is 5.67. The Morgan fingerprint density at radius 3 is 1.53 bits per heavy atom. The van der Waals surface area contributed by atoms with Gasteiger partial charge in [-0.05, 0) is 18.2 Å². The number of hydrogen-bond acceptors (Lipinski definition) is 8. The van der Waals surface area contributed by atoms with Gasteiger partial charge in [0.1, 0.15) is 17.2 Å². The van der Waals surface area contributed by atoms with Crippen LogP contribution in [0.5, 0.6) is 17.2 Å². The highest BCUT2D eigenvalue weighted by Crippen LogP contribution is 2.17. The predicted molar refractivity (Wildman–Crippen MR) is 147 cm³/mol. The number of carboxylic acids is 1. The second kappa shape index (κ2) is 15.6. The molecule has 1 unspecified atom stereocenters. The van der Waals surface area contributed by atoms with Crippen molar-refractivity contribution in [2.75, 3.05) is 32.7 Å². The fourth-order valence-electron chi connectivity index (χ4n) is 4.17. The van der Waals surface area contributed by atoms with Crippen LogP contribution in [0.1, 0.15) is 23.1 Å². The number of para-hydroxylation sites is 3. The third-order valence-electron chi connectivity index (χ3n) is 6.30. The fourth-order valence-corrected chi connectivity index (χ4v) is 4.17. The first-order chi connectivity index (χ1) is 18.4. The average Bonchev–Trinajstić information content (AvgIpc) is 2.89. The molecule has 0 heterocycles. The summed E-state index contributed by atoms with van der Waals surface area (Å²) < 4.78 is 0. The van der Waals surface area contributed by atoms with E-state index in [0.717, 1.165) is 11.1 Å². The third-order valence-corrected chi connectivity index (χ3v) is 6.30. The second-order valence-corrected chi connectivity index (χ2v) is 9.22. The average molecular weight is 523 g/mol. The molecule has 0 radical (unpaired) electrons. The van der Waals surface area contributed by atoms with Gasteiger partial charge >= 0.3 is 5.97 Å². The molecule has 0 aliphatic heterocycles. The second-order valence-electron chi connectivity index (χ2n) is 9.22. The van der Waals surface area contributed by atoms with Gasteiger partial charge in [-0.2, -0.15) is 0 Å². The van der Waals surface area contributed by atoms with Gasteiger partial charge in [-0.25, -0.2) is 0 Å². The van der Waals surface area contributed by atoms with Crippen molar-refractivity contribution in [3.63, 3.8) is 0 Å². The number of hydrogen-bond donors (Lipinski definition) is 7. The van der Waals surface area contributed by atoms with Gasteiger partial charge in [0, 0.05) is 75.1 Å². The lowest BCUT2D eigenvalue weighted by atomic mass is 10.1. The Labute approximate surface area is 223 Å². The number of carboxylic acid groups (broad SMARTS) is 1. The number of aliphatic carboxylic acids is 1. The highest BCUT2D eigenvalue weighted by atomic mass is 16.4. The van der Waals surface area contributed by atoms with Crippen molar-refractivity contribution in [1.29, 1.82) is 0 Å². The zero-order valence-electron chi connectivity index (χ0n) is 21.5. The van der Waals surface area contributed by atoms with E-state index in [2.05, 4.69) is 20.9 Å². The van der Waals surface area contributed by atoms with E-state index in [4.69, 9.17) is 0 Å². The molecule has 1 atom stereocenters. The van der Waals surface area contributed by atoms with Crippen molar-refractivity contribution in [3.8, 4) is 17.2 Å². The first-order valence-corrected chi connectivity index (χ1v) is 12.8. The lowest BCUT2D eigenvalue weighted by Gasteiger charge is -2.28. The molecular weight excluding hydrogens is 484 g/mol. The molecule has 0 bridgehead atoms. The standard InChI is InChI=1S/C29H38N4O5/c34-26-10-4-1-7-22(26)18-30-13-15-33(16-14-31-19-23-8-2-5-11-27(23)35)21-25(17-29(37)38)32-20-24-9-3-6-12-28(24)36/h1-12,25,30-32,34-36H,13-21H2,(H,37,38). The number of phenols is 3. The molecule has 0 aromatic heterocycles. The van der Waals surface area contributed by atoms with Crippen LogP contribution in [0.25, 0.3) is 0 Å².